The maximum absolute atomic E-state index is 10.8. The fraction of sp³-hybridized carbons (Fsp3) is 0.0769. The van der Waals surface area contributed by atoms with Crippen molar-refractivity contribution in [1.82, 2.24) is 4.98 Å². The second-order valence-electron chi connectivity index (χ2n) is 3.75. The van der Waals surface area contributed by atoms with E-state index >= 15 is 0 Å². The predicted molar refractivity (Wildman–Crippen MR) is 67.5 cm³/mol. The number of carboxylic acids is 1. The van der Waals surface area contributed by atoms with Gasteiger partial charge in [0, 0.05) is 6.20 Å². The van der Waals surface area contributed by atoms with E-state index in [-0.39, 0.29) is 5.56 Å². The summed E-state index contributed by atoms with van der Waals surface area (Å²) in [5, 5.41) is 9.31. The molecule has 92 valence electrons. The third-order valence-corrected chi connectivity index (χ3v) is 2.59. The molecule has 0 fully saturated rings. The summed E-state index contributed by atoms with van der Waals surface area (Å²) in [5.74, 6) is -0.244. The topological polar surface area (TPSA) is 59.4 Å². The lowest BCUT2D eigenvalue weighted by atomic mass is 10.2. The second kappa shape index (κ2) is 5.06. The molecule has 18 heavy (non-hydrogen) atoms. The fourth-order valence-corrected chi connectivity index (χ4v) is 1.56. The van der Waals surface area contributed by atoms with Crippen molar-refractivity contribution in [3.8, 4) is 11.5 Å². The van der Waals surface area contributed by atoms with Crippen molar-refractivity contribution in [1.29, 1.82) is 0 Å². The quantitative estimate of drug-likeness (QED) is 0.920. The number of aromatic carboxylic acids is 1. The molecule has 1 N–H and O–H groups in total. The minimum Gasteiger partial charge on any atom is -0.478 e. The molecule has 0 unspecified atom stereocenters. The van der Waals surface area contributed by atoms with E-state index in [9.17, 15) is 4.79 Å². The largest absolute Gasteiger partial charge is 0.478 e. The number of benzene rings is 1. The van der Waals surface area contributed by atoms with E-state index < -0.39 is 5.97 Å². The van der Waals surface area contributed by atoms with Gasteiger partial charge in [-0.1, -0.05) is 17.7 Å². The number of carbonyl (C=O) groups is 1. The van der Waals surface area contributed by atoms with Crippen molar-refractivity contribution < 1.29 is 14.6 Å². The van der Waals surface area contributed by atoms with Gasteiger partial charge in [-0.15, -0.1) is 0 Å². The molecule has 2 rings (SSSR count). The van der Waals surface area contributed by atoms with Gasteiger partial charge in [-0.25, -0.2) is 4.79 Å². The van der Waals surface area contributed by atoms with Crippen molar-refractivity contribution >= 4 is 17.6 Å². The molecule has 0 aliphatic heterocycles. The Bertz CT molecular complexity index is 599. The summed E-state index contributed by atoms with van der Waals surface area (Å²) >= 11 is 5.99. The van der Waals surface area contributed by atoms with Crippen LogP contribution >= 0.6 is 11.6 Å². The van der Waals surface area contributed by atoms with E-state index in [1.54, 1.807) is 12.1 Å². The van der Waals surface area contributed by atoms with Gasteiger partial charge >= 0.3 is 5.97 Å². The summed E-state index contributed by atoms with van der Waals surface area (Å²) in [5.41, 5.74) is 1.06. The van der Waals surface area contributed by atoms with Crippen molar-refractivity contribution in [2.45, 2.75) is 6.92 Å². The first-order valence-corrected chi connectivity index (χ1v) is 5.56. The van der Waals surface area contributed by atoms with Crippen molar-refractivity contribution in [3.05, 3.63) is 52.8 Å². The van der Waals surface area contributed by atoms with Gasteiger partial charge in [-0.3, -0.25) is 4.98 Å². The summed E-state index contributed by atoms with van der Waals surface area (Å²) in [6.45, 7) is 1.91. The number of nitrogens with zero attached hydrogens (tertiary/aromatic N) is 1. The molecule has 1 aromatic heterocycles. The van der Waals surface area contributed by atoms with Crippen LogP contribution in [-0.2, 0) is 0 Å². The number of aromatic nitrogens is 1. The summed E-state index contributed by atoms with van der Waals surface area (Å²) in [6.07, 6.45) is 2.69. The molecule has 0 aliphatic rings. The first-order chi connectivity index (χ1) is 8.56. The lowest BCUT2D eigenvalue weighted by Gasteiger charge is -2.08. The first kappa shape index (κ1) is 12.4. The number of halogens is 1. The van der Waals surface area contributed by atoms with E-state index in [0.717, 1.165) is 5.56 Å². The lowest BCUT2D eigenvalue weighted by Crippen LogP contribution is -1.97. The Hall–Kier alpha value is -2.07. The molecule has 0 atom stereocenters. The van der Waals surface area contributed by atoms with Gasteiger partial charge in [0.05, 0.1) is 16.8 Å². The zero-order valence-corrected chi connectivity index (χ0v) is 10.3. The highest BCUT2D eigenvalue weighted by atomic mass is 35.5. The van der Waals surface area contributed by atoms with Crippen LogP contribution in [-0.4, -0.2) is 16.1 Å². The summed E-state index contributed by atoms with van der Waals surface area (Å²) in [4.78, 5) is 14.6. The van der Waals surface area contributed by atoms with Crippen LogP contribution in [0.15, 0.2) is 36.7 Å². The Kier molecular flexibility index (Phi) is 3.48. The Morgan fingerprint density at radius 1 is 1.33 bits per heavy atom. The molecule has 0 aliphatic carbocycles. The molecule has 0 saturated heterocycles. The maximum atomic E-state index is 10.8. The van der Waals surface area contributed by atoms with Gasteiger partial charge in [0.15, 0.2) is 0 Å². The molecule has 0 spiro atoms. The van der Waals surface area contributed by atoms with E-state index in [1.165, 1.54) is 18.5 Å². The van der Waals surface area contributed by atoms with Crippen LogP contribution < -0.4 is 4.74 Å². The van der Waals surface area contributed by atoms with E-state index in [0.29, 0.717) is 16.5 Å². The minimum absolute atomic E-state index is 0.0660. The van der Waals surface area contributed by atoms with Crippen LogP contribution in [0.5, 0.6) is 11.5 Å². The standard InChI is InChI=1S/C13H10ClNO3/c1-8-2-3-11(14)12(4-8)18-10-5-9(13(16)17)6-15-7-10/h2-7H,1H3,(H,16,17). The fourth-order valence-electron chi connectivity index (χ4n) is 1.41. The summed E-state index contributed by atoms with van der Waals surface area (Å²) in [7, 11) is 0. The lowest BCUT2D eigenvalue weighted by molar-refractivity contribution is 0.0696. The van der Waals surface area contributed by atoms with Crippen LogP contribution in [0.4, 0.5) is 0 Å². The van der Waals surface area contributed by atoms with Gasteiger partial charge in [0.25, 0.3) is 0 Å². The number of ether oxygens (including phenoxy) is 1. The average molecular weight is 264 g/mol. The average Bonchev–Trinajstić information content (AvgIpc) is 2.34. The first-order valence-electron chi connectivity index (χ1n) is 5.18. The van der Waals surface area contributed by atoms with E-state index in [2.05, 4.69) is 4.98 Å². The number of carboxylic acid groups (broad SMARTS) is 1. The van der Waals surface area contributed by atoms with Crippen LogP contribution in [0, 0.1) is 6.92 Å². The van der Waals surface area contributed by atoms with E-state index in [4.69, 9.17) is 21.4 Å². The monoisotopic (exact) mass is 263 g/mol. The molecule has 1 heterocycles. The molecule has 5 heteroatoms. The molecular weight excluding hydrogens is 254 g/mol. The van der Waals surface area contributed by atoms with Gasteiger partial charge in [-0.05, 0) is 30.7 Å². The molecule has 0 bridgehead atoms. The summed E-state index contributed by atoms with van der Waals surface area (Å²) < 4.78 is 5.52. The highest BCUT2D eigenvalue weighted by Gasteiger charge is 2.07. The second-order valence-corrected chi connectivity index (χ2v) is 4.16. The number of aryl methyl sites for hydroxylation is 1. The zero-order chi connectivity index (χ0) is 13.1. The predicted octanol–water partition coefficient (Wildman–Crippen LogP) is 3.53. The highest BCUT2D eigenvalue weighted by molar-refractivity contribution is 6.32. The molecule has 2 aromatic rings. The normalized spacial score (nSPS) is 10.1. The number of pyridine rings is 1. The van der Waals surface area contributed by atoms with Crippen LogP contribution in [0.2, 0.25) is 5.02 Å². The molecule has 0 saturated carbocycles. The molecule has 1 aromatic carbocycles. The van der Waals surface area contributed by atoms with Crippen LogP contribution in [0.1, 0.15) is 15.9 Å². The van der Waals surface area contributed by atoms with Crippen molar-refractivity contribution in [2.75, 3.05) is 0 Å². The molecule has 0 radical (unpaired) electrons. The third kappa shape index (κ3) is 2.78. The van der Waals surface area contributed by atoms with Gasteiger partial charge in [-0.2, -0.15) is 0 Å². The molecule has 0 amide bonds. The zero-order valence-electron chi connectivity index (χ0n) is 9.55. The number of rotatable bonds is 3. The van der Waals surface area contributed by atoms with Crippen molar-refractivity contribution in [3.63, 3.8) is 0 Å². The van der Waals surface area contributed by atoms with Crippen LogP contribution in [0.25, 0.3) is 0 Å². The maximum Gasteiger partial charge on any atom is 0.337 e. The Labute approximate surface area is 109 Å². The third-order valence-electron chi connectivity index (χ3n) is 2.27. The van der Waals surface area contributed by atoms with Gasteiger partial charge in [0.1, 0.15) is 11.5 Å². The Balaban J connectivity index is 2.31. The molecule has 4 nitrogen and oxygen atoms in total. The molecular formula is C13H10ClNO3. The van der Waals surface area contributed by atoms with Gasteiger partial charge in [0.2, 0.25) is 0 Å². The van der Waals surface area contributed by atoms with Crippen LogP contribution in [0.3, 0.4) is 0 Å². The van der Waals surface area contributed by atoms with Gasteiger partial charge < -0.3 is 9.84 Å². The minimum atomic E-state index is -1.05. The number of hydrogen-bond acceptors (Lipinski definition) is 3. The SMILES string of the molecule is Cc1ccc(Cl)c(Oc2cncc(C(=O)O)c2)c1. The Morgan fingerprint density at radius 2 is 2.11 bits per heavy atom. The van der Waals surface area contributed by atoms with E-state index in [1.807, 2.05) is 13.0 Å². The Morgan fingerprint density at radius 3 is 2.83 bits per heavy atom. The summed E-state index contributed by atoms with van der Waals surface area (Å²) in [6, 6.07) is 6.76. The smallest absolute Gasteiger partial charge is 0.337 e. The van der Waals surface area contributed by atoms with Crippen molar-refractivity contribution in [2.24, 2.45) is 0 Å². The highest BCUT2D eigenvalue weighted by Crippen LogP contribution is 2.30. The number of hydrogen-bond donors (Lipinski definition) is 1.